The Morgan fingerprint density at radius 1 is 1.38 bits per heavy atom. The SMILES string of the molecule is CNC(=O)[C@H](C)Sc1nnc(-c2ccccc2OC)n1C. The predicted molar refractivity (Wildman–Crippen MR) is 82.4 cm³/mol. The van der Waals surface area contributed by atoms with Crippen molar-refractivity contribution in [2.45, 2.75) is 17.3 Å². The highest BCUT2D eigenvalue weighted by atomic mass is 32.2. The van der Waals surface area contributed by atoms with Gasteiger partial charge in [-0.2, -0.15) is 0 Å². The normalized spacial score (nSPS) is 12.0. The Labute approximate surface area is 127 Å². The summed E-state index contributed by atoms with van der Waals surface area (Å²) in [4.78, 5) is 11.6. The number of hydrogen-bond acceptors (Lipinski definition) is 5. The van der Waals surface area contributed by atoms with Crippen molar-refractivity contribution in [3.63, 3.8) is 0 Å². The molecular weight excluding hydrogens is 288 g/mol. The summed E-state index contributed by atoms with van der Waals surface area (Å²) < 4.78 is 7.21. The zero-order chi connectivity index (χ0) is 15.4. The molecule has 0 aliphatic heterocycles. The zero-order valence-electron chi connectivity index (χ0n) is 12.5. The number of carbonyl (C=O) groups is 1. The first kappa shape index (κ1) is 15.4. The Bertz CT molecular complexity index is 642. The second-order valence-corrected chi connectivity index (χ2v) is 5.75. The molecular formula is C14H18N4O2S. The molecule has 1 heterocycles. The number of nitrogens with one attached hydrogen (secondary N) is 1. The Morgan fingerprint density at radius 3 is 2.76 bits per heavy atom. The van der Waals surface area contributed by atoms with E-state index in [-0.39, 0.29) is 11.2 Å². The molecule has 0 aliphatic carbocycles. The summed E-state index contributed by atoms with van der Waals surface area (Å²) in [5, 5.41) is 11.5. The van der Waals surface area contributed by atoms with Gasteiger partial charge in [0.2, 0.25) is 5.91 Å². The van der Waals surface area contributed by atoms with Gasteiger partial charge in [-0.1, -0.05) is 23.9 Å². The van der Waals surface area contributed by atoms with Gasteiger partial charge < -0.3 is 14.6 Å². The minimum atomic E-state index is -0.233. The number of para-hydroxylation sites is 1. The molecule has 0 spiro atoms. The van der Waals surface area contributed by atoms with Gasteiger partial charge in [0.1, 0.15) is 5.75 Å². The van der Waals surface area contributed by atoms with Crippen molar-refractivity contribution in [3.8, 4) is 17.1 Å². The third-order valence-electron chi connectivity index (χ3n) is 3.08. The van der Waals surface area contributed by atoms with Crippen LogP contribution in [0.5, 0.6) is 5.75 Å². The van der Waals surface area contributed by atoms with Gasteiger partial charge in [0.15, 0.2) is 11.0 Å². The fourth-order valence-electron chi connectivity index (χ4n) is 1.90. The summed E-state index contributed by atoms with van der Waals surface area (Å²) >= 11 is 1.37. The van der Waals surface area contributed by atoms with Crippen LogP contribution in [0, 0.1) is 0 Å². The van der Waals surface area contributed by atoms with Crippen molar-refractivity contribution in [1.82, 2.24) is 20.1 Å². The lowest BCUT2D eigenvalue weighted by Crippen LogP contribution is -2.27. The molecule has 0 fully saturated rings. The van der Waals surface area contributed by atoms with E-state index in [9.17, 15) is 4.79 Å². The maximum Gasteiger partial charge on any atom is 0.233 e. The van der Waals surface area contributed by atoms with E-state index < -0.39 is 0 Å². The van der Waals surface area contributed by atoms with Crippen LogP contribution in [-0.2, 0) is 11.8 Å². The Morgan fingerprint density at radius 2 is 2.10 bits per heavy atom. The summed E-state index contributed by atoms with van der Waals surface area (Å²) in [6.45, 7) is 1.83. The second kappa shape index (κ2) is 6.62. The first-order chi connectivity index (χ1) is 10.1. The molecule has 0 radical (unpaired) electrons. The molecule has 1 amide bonds. The average molecular weight is 306 g/mol. The Hall–Kier alpha value is -2.02. The van der Waals surface area contributed by atoms with Gasteiger partial charge in [-0.15, -0.1) is 10.2 Å². The molecule has 1 aromatic heterocycles. The highest BCUT2D eigenvalue weighted by Crippen LogP contribution is 2.30. The molecule has 112 valence electrons. The first-order valence-corrected chi connectivity index (χ1v) is 7.37. The lowest BCUT2D eigenvalue weighted by Gasteiger charge is -2.10. The number of ether oxygens (including phenoxy) is 1. The number of amides is 1. The van der Waals surface area contributed by atoms with E-state index in [1.807, 2.05) is 42.8 Å². The van der Waals surface area contributed by atoms with E-state index in [2.05, 4.69) is 15.5 Å². The number of hydrogen-bond donors (Lipinski definition) is 1. The largest absolute Gasteiger partial charge is 0.496 e. The fourth-order valence-corrected chi connectivity index (χ4v) is 2.77. The van der Waals surface area contributed by atoms with Gasteiger partial charge >= 0.3 is 0 Å². The van der Waals surface area contributed by atoms with Crippen LogP contribution >= 0.6 is 11.8 Å². The second-order valence-electron chi connectivity index (χ2n) is 4.44. The number of aromatic nitrogens is 3. The number of benzene rings is 1. The molecule has 0 saturated heterocycles. The molecule has 1 aromatic carbocycles. The lowest BCUT2D eigenvalue weighted by molar-refractivity contribution is -0.119. The number of carbonyl (C=O) groups excluding carboxylic acids is 1. The number of methoxy groups -OCH3 is 1. The smallest absolute Gasteiger partial charge is 0.233 e. The van der Waals surface area contributed by atoms with E-state index in [1.165, 1.54) is 11.8 Å². The molecule has 2 aromatic rings. The molecule has 0 saturated carbocycles. The van der Waals surface area contributed by atoms with Crippen LogP contribution in [0.2, 0.25) is 0 Å². The summed E-state index contributed by atoms with van der Waals surface area (Å²) in [6.07, 6.45) is 0. The van der Waals surface area contributed by atoms with Crippen LogP contribution in [0.1, 0.15) is 6.92 Å². The van der Waals surface area contributed by atoms with Crippen molar-refractivity contribution in [2.24, 2.45) is 7.05 Å². The topological polar surface area (TPSA) is 69.0 Å². The third-order valence-corrected chi connectivity index (χ3v) is 4.21. The Kier molecular flexibility index (Phi) is 4.85. The molecule has 1 N–H and O–H groups in total. The molecule has 21 heavy (non-hydrogen) atoms. The van der Waals surface area contributed by atoms with E-state index in [0.29, 0.717) is 11.0 Å². The van der Waals surface area contributed by atoms with Crippen molar-refractivity contribution < 1.29 is 9.53 Å². The summed E-state index contributed by atoms with van der Waals surface area (Å²) in [5.74, 6) is 1.41. The minimum Gasteiger partial charge on any atom is -0.496 e. The van der Waals surface area contributed by atoms with Gasteiger partial charge in [-0.05, 0) is 19.1 Å². The number of thioether (sulfide) groups is 1. The van der Waals surface area contributed by atoms with Crippen molar-refractivity contribution in [2.75, 3.05) is 14.2 Å². The van der Waals surface area contributed by atoms with Gasteiger partial charge in [0.25, 0.3) is 0 Å². The molecule has 0 bridgehead atoms. The van der Waals surface area contributed by atoms with Crippen molar-refractivity contribution in [1.29, 1.82) is 0 Å². The van der Waals surface area contributed by atoms with E-state index in [0.717, 1.165) is 11.3 Å². The van der Waals surface area contributed by atoms with Gasteiger partial charge in [-0.25, -0.2) is 0 Å². The standard InChI is InChI=1S/C14H18N4O2S/c1-9(13(19)15-2)21-14-17-16-12(18(14)3)10-7-5-6-8-11(10)20-4/h5-9H,1-4H3,(H,15,19)/t9-/m0/s1. The first-order valence-electron chi connectivity index (χ1n) is 6.49. The van der Waals surface area contributed by atoms with Crippen molar-refractivity contribution >= 4 is 17.7 Å². The molecule has 2 rings (SSSR count). The maximum atomic E-state index is 11.6. The monoisotopic (exact) mass is 306 g/mol. The Balaban J connectivity index is 2.31. The molecule has 1 atom stereocenters. The highest BCUT2D eigenvalue weighted by molar-refractivity contribution is 8.00. The van der Waals surface area contributed by atoms with Crippen LogP contribution in [-0.4, -0.2) is 40.1 Å². The molecule has 6 nitrogen and oxygen atoms in total. The molecule has 0 unspecified atom stereocenters. The summed E-state index contributed by atoms with van der Waals surface area (Å²) in [7, 11) is 5.12. The van der Waals surface area contributed by atoms with Gasteiger partial charge in [0.05, 0.1) is 17.9 Å². The highest BCUT2D eigenvalue weighted by Gasteiger charge is 2.19. The minimum absolute atomic E-state index is 0.0400. The fraction of sp³-hybridized carbons (Fsp3) is 0.357. The maximum absolute atomic E-state index is 11.6. The number of nitrogens with zero attached hydrogens (tertiary/aromatic N) is 3. The predicted octanol–water partition coefficient (Wildman–Crippen LogP) is 1.72. The van der Waals surface area contributed by atoms with Crippen LogP contribution in [0.15, 0.2) is 29.4 Å². The van der Waals surface area contributed by atoms with Gasteiger partial charge in [0, 0.05) is 14.1 Å². The van der Waals surface area contributed by atoms with E-state index in [1.54, 1.807) is 14.2 Å². The van der Waals surface area contributed by atoms with Gasteiger partial charge in [-0.3, -0.25) is 4.79 Å². The third kappa shape index (κ3) is 3.18. The lowest BCUT2D eigenvalue weighted by atomic mass is 10.2. The average Bonchev–Trinajstić information content (AvgIpc) is 2.87. The molecule has 0 aliphatic rings. The number of rotatable bonds is 5. The summed E-state index contributed by atoms with van der Waals surface area (Å²) in [6, 6.07) is 7.64. The van der Waals surface area contributed by atoms with Crippen LogP contribution in [0.25, 0.3) is 11.4 Å². The molecule has 7 heteroatoms. The van der Waals surface area contributed by atoms with Crippen LogP contribution in [0.4, 0.5) is 0 Å². The van der Waals surface area contributed by atoms with E-state index >= 15 is 0 Å². The van der Waals surface area contributed by atoms with E-state index in [4.69, 9.17) is 4.74 Å². The summed E-state index contributed by atoms with van der Waals surface area (Å²) in [5.41, 5.74) is 0.870. The van der Waals surface area contributed by atoms with Crippen molar-refractivity contribution in [3.05, 3.63) is 24.3 Å². The van der Waals surface area contributed by atoms with Crippen LogP contribution in [0.3, 0.4) is 0 Å². The quantitative estimate of drug-likeness (QED) is 0.852. The zero-order valence-corrected chi connectivity index (χ0v) is 13.3. The van der Waals surface area contributed by atoms with Crippen LogP contribution < -0.4 is 10.1 Å².